The van der Waals surface area contributed by atoms with Crippen LogP contribution in [0.5, 0.6) is 5.75 Å². The molecule has 34 heavy (non-hydrogen) atoms. The lowest BCUT2D eigenvalue weighted by Crippen LogP contribution is -2.49. The Labute approximate surface area is 201 Å². The Morgan fingerprint density at radius 3 is 2.38 bits per heavy atom. The molecule has 0 saturated carbocycles. The molecule has 7 nitrogen and oxygen atoms in total. The number of carbonyl (C=O) groups excluding carboxylic acids is 1. The first-order chi connectivity index (χ1) is 16.3. The van der Waals surface area contributed by atoms with E-state index in [1.807, 2.05) is 61.3 Å². The van der Waals surface area contributed by atoms with Crippen LogP contribution < -0.4 is 9.46 Å². The van der Waals surface area contributed by atoms with Gasteiger partial charge in [0.2, 0.25) is 0 Å². The minimum absolute atomic E-state index is 0.0770. The van der Waals surface area contributed by atoms with Gasteiger partial charge in [0.25, 0.3) is 15.9 Å². The van der Waals surface area contributed by atoms with Gasteiger partial charge in [-0.25, -0.2) is 8.42 Å². The van der Waals surface area contributed by atoms with Gasteiger partial charge in [0.1, 0.15) is 10.6 Å². The monoisotopic (exact) mass is 479 g/mol. The maximum Gasteiger partial charge on any atom is 0.265 e. The second kappa shape index (κ2) is 9.87. The highest BCUT2D eigenvalue weighted by atomic mass is 32.2. The molecule has 3 aromatic rings. The molecule has 1 amide bonds. The number of nitrogens with zero attached hydrogens (tertiary/aromatic N) is 2. The van der Waals surface area contributed by atoms with Crippen molar-refractivity contribution in [3.63, 3.8) is 0 Å². The normalized spacial score (nSPS) is 16.8. The van der Waals surface area contributed by atoms with E-state index < -0.39 is 10.0 Å². The zero-order chi connectivity index (χ0) is 24.3. The van der Waals surface area contributed by atoms with E-state index in [1.54, 1.807) is 18.2 Å². The van der Waals surface area contributed by atoms with Crippen LogP contribution in [0.4, 0.5) is 5.69 Å². The fourth-order valence-corrected chi connectivity index (χ4v) is 5.39. The van der Waals surface area contributed by atoms with E-state index >= 15 is 0 Å². The van der Waals surface area contributed by atoms with Gasteiger partial charge in [-0.2, -0.15) is 0 Å². The van der Waals surface area contributed by atoms with Gasteiger partial charge in [-0.05, 0) is 49.9 Å². The number of ether oxygens (including phenoxy) is 1. The van der Waals surface area contributed by atoms with Crippen LogP contribution in [0.15, 0.2) is 77.7 Å². The molecule has 1 atom stereocenters. The van der Waals surface area contributed by atoms with E-state index in [9.17, 15) is 13.2 Å². The second-order valence-corrected chi connectivity index (χ2v) is 10.2. The summed E-state index contributed by atoms with van der Waals surface area (Å²) in [6.45, 7) is 3.92. The fourth-order valence-electron chi connectivity index (χ4n) is 4.14. The number of carbonyl (C=O) groups is 1. The number of piperazine rings is 1. The number of sulfonamides is 1. The predicted octanol–water partition coefficient (Wildman–Crippen LogP) is 3.93. The topological polar surface area (TPSA) is 79.0 Å². The highest BCUT2D eigenvalue weighted by Crippen LogP contribution is 2.30. The summed E-state index contributed by atoms with van der Waals surface area (Å²) in [4.78, 5) is 17.6. The Morgan fingerprint density at radius 2 is 1.71 bits per heavy atom. The molecular formula is C26H29N3O4S. The molecule has 1 aliphatic rings. The molecule has 178 valence electrons. The van der Waals surface area contributed by atoms with Crippen molar-refractivity contribution in [1.29, 1.82) is 0 Å². The number of likely N-dealkylation sites (N-methyl/N-ethyl adjacent to an activating group) is 1. The third-order valence-electron chi connectivity index (χ3n) is 6.03. The van der Waals surface area contributed by atoms with Gasteiger partial charge in [-0.3, -0.25) is 9.52 Å². The first kappa shape index (κ1) is 23.8. The van der Waals surface area contributed by atoms with Crippen molar-refractivity contribution in [2.45, 2.75) is 17.9 Å². The summed E-state index contributed by atoms with van der Waals surface area (Å²) in [6, 6.07) is 21.4. The van der Waals surface area contributed by atoms with Gasteiger partial charge in [0.05, 0.1) is 13.2 Å². The highest BCUT2D eigenvalue weighted by Gasteiger charge is 2.32. The molecule has 0 bridgehead atoms. The SMILES string of the molecule is COc1ccc(C(=O)N2CCN(C)CC2c2ccccc2)cc1S(=O)(=O)Nc1ccc(C)cc1. The number of aryl methyl sites for hydroxylation is 1. The summed E-state index contributed by atoms with van der Waals surface area (Å²) >= 11 is 0. The quantitative estimate of drug-likeness (QED) is 0.580. The molecule has 0 spiro atoms. The van der Waals surface area contributed by atoms with Crippen LogP contribution >= 0.6 is 0 Å². The Hall–Kier alpha value is -3.36. The second-order valence-electron chi connectivity index (χ2n) is 8.52. The zero-order valence-electron chi connectivity index (χ0n) is 19.6. The lowest BCUT2D eigenvalue weighted by molar-refractivity contribution is 0.0497. The average Bonchev–Trinajstić information content (AvgIpc) is 2.85. The largest absolute Gasteiger partial charge is 0.495 e. The number of methoxy groups -OCH3 is 1. The number of hydrogen-bond acceptors (Lipinski definition) is 5. The van der Waals surface area contributed by atoms with E-state index in [0.717, 1.165) is 17.7 Å². The van der Waals surface area contributed by atoms with Crippen molar-refractivity contribution >= 4 is 21.6 Å². The third kappa shape index (κ3) is 5.08. The molecule has 1 aliphatic heterocycles. The Bertz CT molecular complexity index is 1260. The lowest BCUT2D eigenvalue weighted by Gasteiger charge is -2.40. The van der Waals surface area contributed by atoms with Crippen LogP contribution in [-0.4, -0.2) is 57.9 Å². The standard InChI is InChI=1S/C26H29N3O4S/c1-19-9-12-22(13-10-19)27-34(31,32)25-17-21(11-14-24(25)33-3)26(30)29-16-15-28(2)18-23(29)20-7-5-4-6-8-20/h4-14,17,23,27H,15-16,18H2,1-3H3. The zero-order valence-corrected chi connectivity index (χ0v) is 20.4. The predicted molar refractivity (Wildman–Crippen MR) is 133 cm³/mol. The fraction of sp³-hybridized carbons (Fsp3) is 0.269. The summed E-state index contributed by atoms with van der Waals surface area (Å²) in [5.74, 6) is -0.0365. The van der Waals surface area contributed by atoms with Crippen LogP contribution in [0.1, 0.15) is 27.5 Å². The highest BCUT2D eigenvalue weighted by molar-refractivity contribution is 7.92. The molecule has 0 aromatic heterocycles. The van der Waals surface area contributed by atoms with Crippen LogP contribution in [0.25, 0.3) is 0 Å². The van der Waals surface area contributed by atoms with Crippen molar-refractivity contribution in [3.05, 3.63) is 89.5 Å². The molecule has 1 saturated heterocycles. The molecule has 3 aromatic carbocycles. The number of nitrogens with one attached hydrogen (secondary N) is 1. The van der Waals surface area contributed by atoms with Gasteiger partial charge in [0.15, 0.2) is 0 Å². The minimum Gasteiger partial charge on any atom is -0.495 e. The molecule has 4 rings (SSSR count). The summed E-state index contributed by atoms with van der Waals surface area (Å²) in [5, 5.41) is 0. The molecule has 0 aliphatic carbocycles. The molecule has 8 heteroatoms. The van der Waals surface area contributed by atoms with Crippen LogP contribution in [0, 0.1) is 6.92 Å². The molecule has 1 fully saturated rings. The summed E-state index contributed by atoms with van der Waals surface area (Å²) in [5.41, 5.74) is 2.81. The number of benzene rings is 3. The smallest absolute Gasteiger partial charge is 0.265 e. The van der Waals surface area contributed by atoms with E-state index in [2.05, 4.69) is 9.62 Å². The van der Waals surface area contributed by atoms with E-state index in [-0.39, 0.29) is 22.6 Å². The van der Waals surface area contributed by atoms with Gasteiger partial charge < -0.3 is 14.5 Å². The van der Waals surface area contributed by atoms with Crippen molar-refractivity contribution in [2.24, 2.45) is 0 Å². The third-order valence-corrected chi connectivity index (χ3v) is 7.44. The summed E-state index contributed by atoms with van der Waals surface area (Å²) < 4.78 is 34.4. The Morgan fingerprint density at radius 1 is 1.00 bits per heavy atom. The van der Waals surface area contributed by atoms with Gasteiger partial charge in [0, 0.05) is 30.9 Å². The van der Waals surface area contributed by atoms with E-state index in [4.69, 9.17) is 4.74 Å². The molecule has 0 radical (unpaired) electrons. The van der Waals surface area contributed by atoms with Gasteiger partial charge >= 0.3 is 0 Å². The van der Waals surface area contributed by atoms with E-state index in [1.165, 1.54) is 19.2 Å². The van der Waals surface area contributed by atoms with Crippen molar-refractivity contribution in [3.8, 4) is 5.75 Å². The van der Waals surface area contributed by atoms with Crippen molar-refractivity contribution in [2.75, 3.05) is 38.5 Å². The van der Waals surface area contributed by atoms with Crippen molar-refractivity contribution in [1.82, 2.24) is 9.80 Å². The minimum atomic E-state index is -3.98. The molecule has 1 N–H and O–H groups in total. The van der Waals surface area contributed by atoms with Crippen molar-refractivity contribution < 1.29 is 17.9 Å². The van der Waals surface area contributed by atoms with Crippen LogP contribution in [-0.2, 0) is 10.0 Å². The maximum atomic E-state index is 13.6. The number of amides is 1. The Kier molecular flexibility index (Phi) is 6.90. The summed E-state index contributed by atoms with van der Waals surface area (Å²) in [6.07, 6.45) is 0. The van der Waals surface area contributed by atoms with Crippen LogP contribution in [0.3, 0.4) is 0 Å². The molecular weight excluding hydrogens is 450 g/mol. The molecule has 1 unspecified atom stereocenters. The first-order valence-corrected chi connectivity index (χ1v) is 12.6. The summed E-state index contributed by atoms with van der Waals surface area (Å²) in [7, 11) is -0.539. The first-order valence-electron chi connectivity index (χ1n) is 11.1. The Balaban J connectivity index is 1.67. The van der Waals surface area contributed by atoms with Gasteiger partial charge in [-0.15, -0.1) is 0 Å². The number of anilines is 1. The van der Waals surface area contributed by atoms with Crippen LogP contribution in [0.2, 0.25) is 0 Å². The van der Waals surface area contributed by atoms with Gasteiger partial charge in [-0.1, -0.05) is 48.0 Å². The lowest BCUT2D eigenvalue weighted by atomic mass is 10.0. The maximum absolute atomic E-state index is 13.6. The number of hydrogen-bond donors (Lipinski definition) is 1. The number of rotatable bonds is 6. The van der Waals surface area contributed by atoms with E-state index in [0.29, 0.717) is 24.3 Å². The molecule has 1 heterocycles. The average molecular weight is 480 g/mol.